The van der Waals surface area contributed by atoms with Crippen LogP contribution in [0.25, 0.3) is 0 Å². The van der Waals surface area contributed by atoms with Gasteiger partial charge in [0.15, 0.2) is 11.5 Å². The summed E-state index contributed by atoms with van der Waals surface area (Å²) in [6.07, 6.45) is 7.69. The first-order valence-corrected chi connectivity index (χ1v) is 8.10. The van der Waals surface area contributed by atoms with Gasteiger partial charge in [-0.15, -0.1) is 6.42 Å². The summed E-state index contributed by atoms with van der Waals surface area (Å²) in [5.41, 5.74) is 1.74. The topological polar surface area (TPSA) is 60.5 Å². The summed E-state index contributed by atoms with van der Waals surface area (Å²) >= 11 is 5.78. The summed E-state index contributed by atoms with van der Waals surface area (Å²) in [6, 6.07) is 9.05. The van der Waals surface area contributed by atoms with Crippen molar-refractivity contribution < 1.29 is 14.3 Å². The lowest BCUT2D eigenvalue weighted by atomic mass is 10.1. The molecule has 2 aromatic rings. The van der Waals surface area contributed by atoms with Crippen LogP contribution < -0.4 is 14.8 Å². The molecule has 0 aliphatic carbocycles. The highest BCUT2D eigenvalue weighted by Gasteiger charge is 2.08. The predicted octanol–water partition coefficient (Wildman–Crippen LogP) is 3.00. The maximum Gasteiger partial charge on any atom is 0.220 e. The summed E-state index contributed by atoms with van der Waals surface area (Å²) in [4.78, 5) is 16.1. The molecule has 0 unspecified atom stereocenters. The Bertz CT molecular complexity index is 754. The second kappa shape index (κ2) is 9.55. The molecule has 0 spiro atoms. The predicted molar refractivity (Wildman–Crippen MR) is 96.7 cm³/mol. The van der Waals surface area contributed by atoms with E-state index in [9.17, 15) is 4.79 Å². The molecule has 0 radical (unpaired) electrons. The second-order valence-corrected chi connectivity index (χ2v) is 5.66. The van der Waals surface area contributed by atoms with Crippen molar-refractivity contribution in [3.8, 4) is 23.8 Å². The molecule has 2 rings (SSSR count). The summed E-state index contributed by atoms with van der Waals surface area (Å²) in [5.74, 6) is 3.54. The van der Waals surface area contributed by atoms with E-state index in [-0.39, 0.29) is 12.5 Å². The third-order valence-electron chi connectivity index (χ3n) is 3.44. The largest absolute Gasteiger partial charge is 0.493 e. The average Bonchev–Trinajstić information content (AvgIpc) is 2.64. The molecule has 25 heavy (non-hydrogen) atoms. The number of carbonyl (C=O) groups excluding carboxylic acids is 1. The molecule has 1 N–H and O–H groups in total. The molecule has 0 saturated heterocycles. The second-order valence-electron chi connectivity index (χ2n) is 5.22. The van der Waals surface area contributed by atoms with E-state index in [1.165, 1.54) is 0 Å². The molecule has 1 amide bonds. The van der Waals surface area contributed by atoms with Crippen LogP contribution in [0, 0.1) is 12.3 Å². The van der Waals surface area contributed by atoms with Crippen LogP contribution in [-0.4, -0.2) is 24.6 Å². The van der Waals surface area contributed by atoms with Crippen molar-refractivity contribution in [2.75, 3.05) is 13.7 Å². The van der Waals surface area contributed by atoms with Crippen molar-refractivity contribution in [1.29, 1.82) is 0 Å². The minimum atomic E-state index is -0.0524. The SMILES string of the molecule is C#CCOc1ccc(CCC(=O)NCc2ccc(Cl)cn2)cc1OC. The fraction of sp³-hybridized carbons (Fsp3) is 0.263. The smallest absolute Gasteiger partial charge is 0.220 e. The van der Waals surface area contributed by atoms with Crippen LogP contribution in [-0.2, 0) is 17.8 Å². The number of aromatic nitrogens is 1. The normalized spacial score (nSPS) is 9.96. The first-order chi connectivity index (χ1) is 12.1. The van der Waals surface area contributed by atoms with Crippen molar-refractivity contribution >= 4 is 17.5 Å². The molecule has 0 fully saturated rings. The number of ether oxygens (including phenoxy) is 2. The van der Waals surface area contributed by atoms with Gasteiger partial charge in [0.25, 0.3) is 0 Å². The molecule has 5 nitrogen and oxygen atoms in total. The highest BCUT2D eigenvalue weighted by atomic mass is 35.5. The number of nitrogens with zero attached hydrogens (tertiary/aromatic N) is 1. The molecule has 0 saturated carbocycles. The van der Waals surface area contributed by atoms with E-state index in [1.807, 2.05) is 12.1 Å². The van der Waals surface area contributed by atoms with Crippen molar-refractivity contribution in [2.45, 2.75) is 19.4 Å². The average molecular weight is 359 g/mol. The van der Waals surface area contributed by atoms with E-state index < -0.39 is 0 Å². The highest BCUT2D eigenvalue weighted by Crippen LogP contribution is 2.28. The molecule has 1 aromatic heterocycles. The Morgan fingerprint density at radius 3 is 2.84 bits per heavy atom. The lowest BCUT2D eigenvalue weighted by molar-refractivity contribution is -0.121. The van der Waals surface area contributed by atoms with Crippen LogP contribution in [0.4, 0.5) is 0 Å². The monoisotopic (exact) mass is 358 g/mol. The zero-order valence-corrected chi connectivity index (χ0v) is 14.7. The highest BCUT2D eigenvalue weighted by molar-refractivity contribution is 6.30. The Labute approximate surface area is 152 Å². The molecule has 0 aliphatic heterocycles. The lowest BCUT2D eigenvalue weighted by Crippen LogP contribution is -2.23. The van der Waals surface area contributed by atoms with Gasteiger partial charge in [-0.1, -0.05) is 23.6 Å². The van der Waals surface area contributed by atoms with E-state index in [2.05, 4.69) is 16.2 Å². The number of carbonyl (C=O) groups is 1. The van der Waals surface area contributed by atoms with Crippen LogP contribution in [0.1, 0.15) is 17.7 Å². The fourth-order valence-electron chi connectivity index (χ4n) is 2.15. The van der Waals surface area contributed by atoms with Gasteiger partial charge >= 0.3 is 0 Å². The van der Waals surface area contributed by atoms with Gasteiger partial charge < -0.3 is 14.8 Å². The number of terminal acetylenes is 1. The number of benzene rings is 1. The van der Waals surface area contributed by atoms with E-state index in [0.29, 0.717) is 35.9 Å². The van der Waals surface area contributed by atoms with Gasteiger partial charge in [0, 0.05) is 12.6 Å². The Balaban J connectivity index is 1.84. The minimum absolute atomic E-state index is 0.0524. The van der Waals surface area contributed by atoms with Gasteiger partial charge in [0.05, 0.1) is 24.4 Å². The third kappa shape index (κ3) is 6.02. The Hall–Kier alpha value is -2.71. The summed E-state index contributed by atoms with van der Waals surface area (Å²) in [5, 5.41) is 3.40. The van der Waals surface area contributed by atoms with Crippen molar-refractivity contribution in [2.24, 2.45) is 0 Å². The van der Waals surface area contributed by atoms with Crippen LogP contribution in [0.15, 0.2) is 36.5 Å². The number of nitrogens with one attached hydrogen (secondary N) is 1. The zero-order chi connectivity index (χ0) is 18.1. The van der Waals surface area contributed by atoms with Gasteiger partial charge in [-0.2, -0.15) is 0 Å². The number of pyridine rings is 1. The van der Waals surface area contributed by atoms with Gasteiger partial charge in [0.2, 0.25) is 5.91 Å². The maximum atomic E-state index is 12.0. The summed E-state index contributed by atoms with van der Waals surface area (Å²) in [6.45, 7) is 0.551. The molecule has 0 bridgehead atoms. The summed E-state index contributed by atoms with van der Waals surface area (Å²) in [7, 11) is 1.56. The van der Waals surface area contributed by atoms with E-state index in [0.717, 1.165) is 11.3 Å². The Morgan fingerprint density at radius 1 is 1.32 bits per heavy atom. The number of methoxy groups -OCH3 is 1. The molecular formula is C19H19ClN2O3. The number of hydrogen-bond donors (Lipinski definition) is 1. The van der Waals surface area contributed by atoms with E-state index >= 15 is 0 Å². The van der Waals surface area contributed by atoms with Gasteiger partial charge in [-0.05, 0) is 36.2 Å². The molecule has 0 atom stereocenters. The maximum absolute atomic E-state index is 12.0. The standard InChI is InChI=1S/C19H19ClN2O3/c1-3-10-25-17-8-4-14(11-18(17)24-2)5-9-19(23)22-13-16-7-6-15(20)12-21-16/h1,4,6-8,11-12H,5,9-10,13H2,2H3,(H,22,23). The molecule has 130 valence electrons. The number of amides is 1. The Kier molecular flexibility index (Phi) is 7.12. The van der Waals surface area contributed by atoms with E-state index in [4.69, 9.17) is 27.5 Å². The van der Waals surface area contributed by atoms with Crippen molar-refractivity contribution in [1.82, 2.24) is 10.3 Å². The van der Waals surface area contributed by atoms with Crippen molar-refractivity contribution in [3.63, 3.8) is 0 Å². The van der Waals surface area contributed by atoms with Crippen LogP contribution in [0.5, 0.6) is 11.5 Å². The molecule has 0 aliphatic rings. The van der Waals surface area contributed by atoms with Crippen LogP contribution in [0.3, 0.4) is 0 Å². The lowest BCUT2D eigenvalue weighted by Gasteiger charge is -2.11. The molecule has 1 aromatic carbocycles. The Morgan fingerprint density at radius 2 is 2.16 bits per heavy atom. The zero-order valence-electron chi connectivity index (χ0n) is 13.9. The van der Waals surface area contributed by atoms with Gasteiger partial charge in [-0.3, -0.25) is 9.78 Å². The first kappa shape index (κ1) is 18.6. The first-order valence-electron chi connectivity index (χ1n) is 7.72. The van der Waals surface area contributed by atoms with Gasteiger partial charge in [-0.25, -0.2) is 0 Å². The van der Waals surface area contributed by atoms with Gasteiger partial charge in [0.1, 0.15) is 6.61 Å². The number of hydrogen-bond acceptors (Lipinski definition) is 4. The fourth-order valence-corrected chi connectivity index (χ4v) is 2.26. The summed E-state index contributed by atoms with van der Waals surface area (Å²) < 4.78 is 10.7. The number of rotatable bonds is 8. The molecule has 6 heteroatoms. The van der Waals surface area contributed by atoms with Crippen LogP contribution in [0.2, 0.25) is 5.02 Å². The van der Waals surface area contributed by atoms with Crippen molar-refractivity contribution in [3.05, 3.63) is 52.8 Å². The number of aryl methyl sites for hydroxylation is 1. The van der Waals surface area contributed by atoms with E-state index in [1.54, 1.807) is 31.5 Å². The van der Waals surface area contributed by atoms with Crippen LogP contribution >= 0.6 is 11.6 Å². The number of halogens is 1. The quantitative estimate of drug-likeness (QED) is 0.737. The molecular weight excluding hydrogens is 340 g/mol. The molecule has 1 heterocycles. The third-order valence-corrected chi connectivity index (χ3v) is 3.66. The minimum Gasteiger partial charge on any atom is -0.493 e.